The largest absolute Gasteiger partial charge is 0.409 e. The topological polar surface area (TPSA) is 61.8 Å². The first-order chi connectivity index (χ1) is 10.2. The third-order valence-electron chi connectivity index (χ3n) is 3.27. The third kappa shape index (κ3) is 3.71. The van der Waals surface area contributed by atoms with Crippen LogP contribution in [0.25, 0.3) is 0 Å². The Morgan fingerprint density at radius 2 is 2.19 bits per heavy atom. The van der Waals surface area contributed by atoms with Crippen LogP contribution >= 0.6 is 23.1 Å². The second-order valence-electron chi connectivity index (χ2n) is 4.59. The molecule has 0 fully saturated rings. The van der Waals surface area contributed by atoms with Crippen LogP contribution in [0.1, 0.15) is 10.4 Å². The number of likely N-dealkylation sites (N-methyl/N-ethyl adjacent to an activating group) is 1. The van der Waals surface area contributed by atoms with Crippen molar-refractivity contribution in [1.82, 2.24) is 0 Å². The number of rotatable bonds is 6. The molecule has 112 valence electrons. The number of nitrogens with two attached hydrogens (primary N) is 1. The van der Waals surface area contributed by atoms with Crippen LogP contribution in [-0.4, -0.2) is 30.9 Å². The SMILES string of the molecule is CSc1cccc(N(C)CCc2cccs2)c1/C(N)=N/O. The lowest BCUT2D eigenvalue weighted by Crippen LogP contribution is -2.25. The van der Waals surface area contributed by atoms with E-state index in [4.69, 9.17) is 10.9 Å². The van der Waals surface area contributed by atoms with Crippen LogP contribution in [0.15, 0.2) is 45.8 Å². The summed E-state index contributed by atoms with van der Waals surface area (Å²) < 4.78 is 0. The van der Waals surface area contributed by atoms with Crippen molar-refractivity contribution in [2.75, 3.05) is 24.7 Å². The summed E-state index contributed by atoms with van der Waals surface area (Å²) in [5.74, 6) is 0.151. The van der Waals surface area contributed by atoms with Crippen molar-refractivity contribution in [2.45, 2.75) is 11.3 Å². The Labute approximate surface area is 133 Å². The van der Waals surface area contributed by atoms with Crippen molar-refractivity contribution < 1.29 is 5.21 Å². The Morgan fingerprint density at radius 3 is 2.81 bits per heavy atom. The van der Waals surface area contributed by atoms with Gasteiger partial charge < -0.3 is 15.8 Å². The van der Waals surface area contributed by atoms with Gasteiger partial charge in [0.15, 0.2) is 5.84 Å². The lowest BCUT2D eigenvalue weighted by Gasteiger charge is -2.23. The highest BCUT2D eigenvalue weighted by Gasteiger charge is 2.15. The molecule has 0 aliphatic heterocycles. The molecule has 0 aliphatic carbocycles. The molecular formula is C15H19N3OS2. The molecule has 4 nitrogen and oxygen atoms in total. The van der Waals surface area contributed by atoms with Crippen molar-refractivity contribution in [3.63, 3.8) is 0 Å². The van der Waals surface area contributed by atoms with Crippen LogP contribution in [0.5, 0.6) is 0 Å². The summed E-state index contributed by atoms with van der Waals surface area (Å²) in [4.78, 5) is 4.51. The van der Waals surface area contributed by atoms with Gasteiger partial charge in [0.05, 0.1) is 5.56 Å². The zero-order valence-electron chi connectivity index (χ0n) is 12.1. The average Bonchev–Trinajstić information content (AvgIpc) is 3.04. The summed E-state index contributed by atoms with van der Waals surface area (Å²) >= 11 is 3.35. The van der Waals surface area contributed by atoms with Gasteiger partial charge in [0, 0.05) is 29.1 Å². The van der Waals surface area contributed by atoms with E-state index in [1.165, 1.54) is 4.88 Å². The first-order valence-corrected chi connectivity index (χ1v) is 8.66. The molecule has 0 saturated carbocycles. The van der Waals surface area contributed by atoms with Crippen LogP contribution in [0.2, 0.25) is 0 Å². The van der Waals surface area contributed by atoms with E-state index in [0.29, 0.717) is 0 Å². The minimum atomic E-state index is 0.151. The maximum Gasteiger partial charge on any atom is 0.173 e. The van der Waals surface area contributed by atoms with E-state index >= 15 is 0 Å². The maximum atomic E-state index is 9.03. The van der Waals surface area contributed by atoms with E-state index in [1.807, 2.05) is 31.5 Å². The Balaban J connectivity index is 2.25. The Kier molecular flexibility index (Phi) is 5.52. The number of oxime groups is 1. The summed E-state index contributed by atoms with van der Waals surface area (Å²) in [5.41, 5.74) is 7.64. The molecule has 0 amide bonds. The molecule has 0 atom stereocenters. The number of nitrogens with zero attached hydrogens (tertiary/aromatic N) is 2. The van der Waals surface area contributed by atoms with Gasteiger partial charge in [0.1, 0.15) is 0 Å². The molecule has 1 aromatic carbocycles. The number of amidine groups is 1. The fourth-order valence-electron chi connectivity index (χ4n) is 2.17. The lowest BCUT2D eigenvalue weighted by atomic mass is 10.1. The van der Waals surface area contributed by atoms with Crippen molar-refractivity contribution in [2.24, 2.45) is 10.9 Å². The molecular weight excluding hydrogens is 302 g/mol. The summed E-state index contributed by atoms with van der Waals surface area (Å²) in [6.07, 6.45) is 2.96. The molecule has 0 unspecified atom stereocenters. The number of hydrogen-bond acceptors (Lipinski definition) is 5. The third-order valence-corrected chi connectivity index (χ3v) is 4.99. The van der Waals surface area contributed by atoms with Crippen molar-refractivity contribution in [1.29, 1.82) is 0 Å². The zero-order chi connectivity index (χ0) is 15.2. The highest BCUT2D eigenvalue weighted by Crippen LogP contribution is 2.29. The van der Waals surface area contributed by atoms with E-state index in [0.717, 1.165) is 29.1 Å². The van der Waals surface area contributed by atoms with Gasteiger partial charge in [-0.1, -0.05) is 17.3 Å². The van der Waals surface area contributed by atoms with Crippen LogP contribution in [0.4, 0.5) is 5.69 Å². The van der Waals surface area contributed by atoms with E-state index in [-0.39, 0.29) is 5.84 Å². The molecule has 21 heavy (non-hydrogen) atoms. The minimum absolute atomic E-state index is 0.151. The summed E-state index contributed by atoms with van der Waals surface area (Å²) in [7, 11) is 2.03. The molecule has 0 spiro atoms. The van der Waals surface area contributed by atoms with Crippen LogP contribution in [0.3, 0.4) is 0 Å². The van der Waals surface area contributed by atoms with Crippen molar-refractivity contribution >= 4 is 34.6 Å². The van der Waals surface area contributed by atoms with E-state index < -0.39 is 0 Å². The number of benzene rings is 1. The van der Waals surface area contributed by atoms with Gasteiger partial charge in [-0.2, -0.15) is 0 Å². The molecule has 0 aliphatic rings. The second kappa shape index (κ2) is 7.38. The number of anilines is 1. The molecule has 2 aromatic rings. The smallest absolute Gasteiger partial charge is 0.173 e. The fourth-order valence-corrected chi connectivity index (χ4v) is 3.49. The Hall–Kier alpha value is -1.66. The van der Waals surface area contributed by atoms with Gasteiger partial charge in [-0.05, 0) is 36.3 Å². The fraction of sp³-hybridized carbons (Fsp3) is 0.267. The molecule has 1 aromatic heterocycles. The van der Waals surface area contributed by atoms with E-state index in [9.17, 15) is 0 Å². The summed E-state index contributed by atoms with van der Waals surface area (Å²) in [6.45, 7) is 0.879. The lowest BCUT2D eigenvalue weighted by molar-refractivity contribution is 0.318. The van der Waals surface area contributed by atoms with Crippen LogP contribution in [0, 0.1) is 0 Å². The van der Waals surface area contributed by atoms with Crippen LogP contribution in [-0.2, 0) is 6.42 Å². The standard InChI is InChI=1S/C15H19N3OS2/c1-18(9-8-11-5-4-10-21-11)12-6-3-7-13(20-2)14(12)15(16)17-19/h3-7,10,19H,8-9H2,1-2H3,(H2,16,17). The summed E-state index contributed by atoms with van der Waals surface area (Å²) in [5, 5.41) is 14.3. The predicted octanol–water partition coefficient (Wildman–Crippen LogP) is 3.24. The average molecular weight is 321 g/mol. The van der Waals surface area contributed by atoms with Gasteiger partial charge in [0.2, 0.25) is 0 Å². The normalized spacial score (nSPS) is 11.6. The highest BCUT2D eigenvalue weighted by molar-refractivity contribution is 7.98. The Morgan fingerprint density at radius 1 is 1.38 bits per heavy atom. The van der Waals surface area contributed by atoms with E-state index in [1.54, 1.807) is 23.1 Å². The number of hydrogen-bond donors (Lipinski definition) is 2. The molecule has 0 radical (unpaired) electrons. The molecule has 3 N–H and O–H groups in total. The van der Waals surface area contributed by atoms with Gasteiger partial charge in [0.25, 0.3) is 0 Å². The van der Waals surface area contributed by atoms with Gasteiger partial charge in [-0.3, -0.25) is 0 Å². The monoisotopic (exact) mass is 321 g/mol. The van der Waals surface area contributed by atoms with Crippen molar-refractivity contribution in [3.05, 3.63) is 46.2 Å². The first kappa shape index (κ1) is 15.7. The molecule has 6 heteroatoms. The van der Waals surface area contributed by atoms with Gasteiger partial charge >= 0.3 is 0 Å². The van der Waals surface area contributed by atoms with Gasteiger partial charge in [-0.25, -0.2) is 0 Å². The Bertz CT molecular complexity index is 611. The molecule has 0 bridgehead atoms. The van der Waals surface area contributed by atoms with Crippen LogP contribution < -0.4 is 10.6 Å². The maximum absolute atomic E-state index is 9.03. The quantitative estimate of drug-likeness (QED) is 0.282. The predicted molar refractivity (Wildman–Crippen MR) is 92.0 cm³/mol. The molecule has 2 rings (SSSR count). The van der Waals surface area contributed by atoms with E-state index in [2.05, 4.69) is 27.6 Å². The molecule has 1 heterocycles. The second-order valence-corrected chi connectivity index (χ2v) is 6.47. The summed E-state index contributed by atoms with van der Waals surface area (Å²) in [6, 6.07) is 10.2. The molecule has 0 saturated heterocycles. The minimum Gasteiger partial charge on any atom is -0.409 e. The first-order valence-electron chi connectivity index (χ1n) is 6.55. The number of thioether (sulfide) groups is 1. The van der Waals surface area contributed by atoms with Crippen molar-refractivity contribution in [3.8, 4) is 0 Å². The number of thiophene rings is 1. The van der Waals surface area contributed by atoms with Gasteiger partial charge in [-0.15, -0.1) is 23.1 Å². The zero-order valence-corrected chi connectivity index (χ0v) is 13.7. The highest BCUT2D eigenvalue weighted by atomic mass is 32.2.